The van der Waals surface area contributed by atoms with Gasteiger partial charge in [-0.1, -0.05) is 23.4 Å². The molecule has 1 N–H and O–H groups in total. The maximum absolute atomic E-state index is 12.2. The van der Waals surface area contributed by atoms with Crippen LogP contribution >= 0.6 is 11.3 Å². The molecular formula is C17H22N4O4S. The van der Waals surface area contributed by atoms with E-state index in [4.69, 9.17) is 9.57 Å². The number of anilines is 1. The SMILES string of the molecule is CCO/N=c1/sc2cc(N3C[C@H](CNC(=O)CC)OC3=O)ccc2n1C. The van der Waals surface area contributed by atoms with Gasteiger partial charge in [0.1, 0.15) is 12.7 Å². The predicted molar refractivity (Wildman–Crippen MR) is 98.9 cm³/mol. The molecule has 0 saturated carbocycles. The molecule has 2 amide bonds. The van der Waals surface area contributed by atoms with E-state index in [1.54, 1.807) is 11.8 Å². The molecule has 1 fully saturated rings. The van der Waals surface area contributed by atoms with Crippen LogP contribution < -0.4 is 15.0 Å². The van der Waals surface area contributed by atoms with Gasteiger partial charge in [0, 0.05) is 19.2 Å². The highest BCUT2D eigenvalue weighted by Crippen LogP contribution is 2.27. The fraction of sp³-hybridized carbons (Fsp3) is 0.471. The highest BCUT2D eigenvalue weighted by Gasteiger charge is 2.32. The summed E-state index contributed by atoms with van der Waals surface area (Å²) < 4.78 is 8.30. The van der Waals surface area contributed by atoms with Gasteiger partial charge in [-0.15, -0.1) is 0 Å². The number of thiazole rings is 1. The first kappa shape index (κ1) is 18.2. The number of benzene rings is 1. The normalized spacial score (nSPS) is 17.7. The number of aryl methyl sites for hydroxylation is 1. The molecule has 1 aliphatic rings. The van der Waals surface area contributed by atoms with Crippen LogP contribution in [0.5, 0.6) is 0 Å². The molecule has 0 aliphatic carbocycles. The molecule has 140 valence electrons. The van der Waals surface area contributed by atoms with E-state index < -0.39 is 6.09 Å². The van der Waals surface area contributed by atoms with Crippen molar-refractivity contribution in [1.82, 2.24) is 9.88 Å². The second-order valence-electron chi connectivity index (χ2n) is 5.88. The summed E-state index contributed by atoms with van der Waals surface area (Å²) >= 11 is 1.49. The number of carbonyl (C=O) groups is 2. The largest absolute Gasteiger partial charge is 0.442 e. The Morgan fingerprint density at radius 2 is 2.27 bits per heavy atom. The van der Waals surface area contributed by atoms with Crippen LogP contribution in [0, 0.1) is 0 Å². The van der Waals surface area contributed by atoms with Crippen LogP contribution in [-0.2, 0) is 21.4 Å². The number of amides is 2. The molecule has 1 atom stereocenters. The van der Waals surface area contributed by atoms with Crippen LogP contribution in [0.2, 0.25) is 0 Å². The van der Waals surface area contributed by atoms with Crippen LogP contribution in [0.25, 0.3) is 10.2 Å². The Balaban J connectivity index is 1.80. The van der Waals surface area contributed by atoms with Crippen molar-refractivity contribution in [2.45, 2.75) is 26.4 Å². The number of fused-ring (bicyclic) bond motifs is 1. The number of hydrogen-bond donors (Lipinski definition) is 1. The van der Waals surface area contributed by atoms with Gasteiger partial charge >= 0.3 is 6.09 Å². The average molecular weight is 378 g/mol. The first-order chi connectivity index (χ1) is 12.5. The summed E-state index contributed by atoms with van der Waals surface area (Å²) in [6.07, 6.45) is -0.345. The van der Waals surface area contributed by atoms with Gasteiger partial charge in [0.2, 0.25) is 10.7 Å². The summed E-state index contributed by atoms with van der Waals surface area (Å²) in [4.78, 5) is 31.1. The molecule has 3 rings (SSSR count). The monoisotopic (exact) mass is 378 g/mol. The number of aromatic nitrogens is 1. The molecule has 9 heteroatoms. The van der Waals surface area contributed by atoms with Gasteiger partial charge in [0.05, 0.1) is 23.3 Å². The van der Waals surface area contributed by atoms with Gasteiger partial charge in [-0.3, -0.25) is 9.69 Å². The molecule has 2 heterocycles. The minimum Gasteiger partial charge on any atom is -0.442 e. The van der Waals surface area contributed by atoms with Crippen LogP contribution in [0.4, 0.5) is 10.5 Å². The fourth-order valence-electron chi connectivity index (χ4n) is 2.69. The van der Waals surface area contributed by atoms with E-state index in [0.717, 1.165) is 20.7 Å². The average Bonchev–Trinajstić information content (AvgIpc) is 3.17. The Morgan fingerprint density at radius 1 is 1.46 bits per heavy atom. The molecule has 8 nitrogen and oxygen atoms in total. The fourth-order valence-corrected chi connectivity index (χ4v) is 3.70. The Labute approximate surface area is 155 Å². The standard InChI is InChI=1S/C17H22N4O4S/c1-4-15(22)18-9-12-10-21(17(23)25-12)11-6-7-13-14(8-11)26-16(20(13)3)19-24-5-2/h6-8,12H,4-5,9-10H2,1-3H3,(H,18,22)/b19-16+/t12-/m0/s1. The predicted octanol–water partition coefficient (Wildman–Crippen LogP) is 1.94. The lowest BCUT2D eigenvalue weighted by Gasteiger charge is -2.13. The molecule has 2 aromatic rings. The molecule has 1 aromatic carbocycles. The summed E-state index contributed by atoms with van der Waals surface area (Å²) in [6.45, 7) is 4.90. The van der Waals surface area contributed by atoms with E-state index >= 15 is 0 Å². The second-order valence-corrected chi connectivity index (χ2v) is 6.89. The first-order valence-corrected chi connectivity index (χ1v) is 9.35. The number of ether oxygens (including phenoxy) is 1. The number of cyclic esters (lactones) is 1. The van der Waals surface area contributed by atoms with Crippen molar-refractivity contribution >= 4 is 39.2 Å². The van der Waals surface area contributed by atoms with E-state index in [0.29, 0.717) is 26.1 Å². The maximum atomic E-state index is 12.2. The van der Waals surface area contributed by atoms with E-state index in [1.165, 1.54) is 11.3 Å². The van der Waals surface area contributed by atoms with Crippen LogP contribution in [-0.4, -0.2) is 42.4 Å². The van der Waals surface area contributed by atoms with Gasteiger partial charge in [-0.05, 0) is 25.1 Å². The van der Waals surface area contributed by atoms with Crippen molar-refractivity contribution in [3.8, 4) is 0 Å². The number of rotatable bonds is 6. The summed E-state index contributed by atoms with van der Waals surface area (Å²) in [5.74, 6) is -0.0578. The zero-order chi connectivity index (χ0) is 18.7. The quantitative estimate of drug-likeness (QED) is 0.779. The Kier molecular flexibility index (Phi) is 5.46. The third-order valence-electron chi connectivity index (χ3n) is 4.10. The van der Waals surface area contributed by atoms with Crippen molar-refractivity contribution in [2.75, 3.05) is 24.6 Å². The molecule has 1 aliphatic heterocycles. The van der Waals surface area contributed by atoms with Gasteiger partial charge in [0.15, 0.2) is 0 Å². The summed E-state index contributed by atoms with van der Waals surface area (Å²) in [5.41, 5.74) is 1.77. The minimum absolute atomic E-state index is 0.0578. The van der Waals surface area contributed by atoms with Gasteiger partial charge in [-0.25, -0.2) is 4.79 Å². The van der Waals surface area contributed by atoms with E-state index in [9.17, 15) is 9.59 Å². The summed E-state index contributed by atoms with van der Waals surface area (Å²) in [5, 5.41) is 6.86. The lowest BCUT2D eigenvalue weighted by atomic mass is 10.2. The topological polar surface area (TPSA) is 85.2 Å². The van der Waals surface area contributed by atoms with Crippen molar-refractivity contribution in [3.05, 3.63) is 23.0 Å². The lowest BCUT2D eigenvalue weighted by molar-refractivity contribution is -0.121. The summed E-state index contributed by atoms with van der Waals surface area (Å²) in [7, 11) is 1.92. The van der Waals surface area contributed by atoms with Crippen LogP contribution in [0.1, 0.15) is 20.3 Å². The van der Waals surface area contributed by atoms with Crippen molar-refractivity contribution in [1.29, 1.82) is 0 Å². The van der Waals surface area contributed by atoms with Crippen molar-refractivity contribution in [2.24, 2.45) is 12.2 Å². The summed E-state index contributed by atoms with van der Waals surface area (Å²) in [6, 6.07) is 5.78. The van der Waals surface area contributed by atoms with Gasteiger partial charge in [0.25, 0.3) is 0 Å². The number of nitrogens with zero attached hydrogens (tertiary/aromatic N) is 3. The van der Waals surface area contributed by atoms with Crippen LogP contribution in [0.3, 0.4) is 0 Å². The van der Waals surface area contributed by atoms with E-state index in [2.05, 4.69) is 10.5 Å². The van der Waals surface area contributed by atoms with E-state index in [-0.39, 0.29) is 12.0 Å². The molecule has 0 spiro atoms. The van der Waals surface area contributed by atoms with Gasteiger partial charge < -0.3 is 19.5 Å². The molecule has 0 unspecified atom stereocenters. The zero-order valence-electron chi connectivity index (χ0n) is 15.0. The molecular weight excluding hydrogens is 356 g/mol. The Bertz CT molecular complexity index is 889. The molecule has 1 saturated heterocycles. The third kappa shape index (κ3) is 3.67. The third-order valence-corrected chi connectivity index (χ3v) is 5.18. The number of hydrogen-bond acceptors (Lipinski definition) is 6. The van der Waals surface area contributed by atoms with Crippen LogP contribution in [0.15, 0.2) is 23.4 Å². The molecule has 1 aromatic heterocycles. The Morgan fingerprint density at radius 3 is 3.00 bits per heavy atom. The van der Waals surface area contributed by atoms with Crippen molar-refractivity contribution in [3.63, 3.8) is 0 Å². The number of carbonyl (C=O) groups excluding carboxylic acids is 2. The Hall–Kier alpha value is -2.55. The smallest absolute Gasteiger partial charge is 0.414 e. The highest BCUT2D eigenvalue weighted by atomic mass is 32.1. The second kappa shape index (κ2) is 7.77. The number of nitrogens with one attached hydrogen (secondary N) is 1. The lowest BCUT2D eigenvalue weighted by Crippen LogP contribution is -2.34. The molecule has 26 heavy (non-hydrogen) atoms. The van der Waals surface area contributed by atoms with Crippen molar-refractivity contribution < 1.29 is 19.2 Å². The van der Waals surface area contributed by atoms with E-state index in [1.807, 2.05) is 36.7 Å². The zero-order valence-corrected chi connectivity index (χ0v) is 15.8. The molecule has 0 bridgehead atoms. The first-order valence-electron chi connectivity index (χ1n) is 8.53. The highest BCUT2D eigenvalue weighted by molar-refractivity contribution is 7.16. The molecule has 0 radical (unpaired) electrons. The van der Waals surface area contributed by atoms with Gasteiger partial charge in [-0.2, -0.15) is 0 Å². The maximum Gasteiger partial charge on any atom is 0.414 e. The minimum atomic E-state index is -0.403.